The highest BCUT2D eigenvalue weighted by atomic mass is 32.2. The number of rotatable bonds is 7. The maximum Gasteiger partial charge on any atom is 0.335 e. The monoisotopic (exact) mass is 474 g/mol. The van der Waals surface area contributed by atoms with Crippen LogP contribution in [0.1, 0.15) is 21.5 Å². The third-order valence-electron chi connectivity index (χ3n) is 5.04. The number of carboxylic acid groups (broad SMARTS) is 1. The quantitative estimate of drug-likeness (QED) is 0.473. The Kier molecular flexibility index (Phi) is 6.98. The molecule has 0 atom stereocenters. The van der Waals surface area contributed by atoms with Gasteiger partial charge in [-0.2, -0.15) is 0 Å². The van der Waals surface area contributed by atoms with Crippen LogP contribution >= 0.6 is 11.8 Å². The fraction of sp³-hybridized carbons (Fsp3) is 0.115. The standard InChI is InChI=1S/C26H22N2O5S/c1-28-24(29)23(34-26(28)27-20-10-6-9-19(15-20)25(30)31)14-18-11-12-21(22(13-18)32-2)33-16-17-7-4-3-5-8-17/h3-15H,16H2,1-2H3,(H,30,31)/b23-14+,27-26?. The molecule has 1 fully saturated rings. The third kappa shape index (κ3) is 5.29. The Morgan fingerprint density at radius 2 is 1.85 bits per heavy atom. The first kappa shape index (κ1) is 23.1. The molecule has 0 unspecified atom stereocenters. The molecule has 4 rings (SSSR count). The highest BCUT2D eigenvalue weighted by Crippen LogP contribution is 2.35. The second-order valence-electron chi connectivity index (χ2n) is 7.41. The highest BCUT2D eigenvalue weighted by Gasteiger charge is 2.30. The van der Waals surface area contributed by atoms with E-state index >= 15 is 0 Å². The van der Waals surface area contributed by atoms with Gasteiger partial charge in [-0.15, -0.1) is 0 Å². The lowest BCUT2D eigenvalue weighted by Crippen LogP contribution is -2.23. The molecule has 1 heterocycles. The summed E-state index contributed by atoms with van der Waals surface area (Å²) in [7, 11) is 3.21. The first-order valence-electron chi connectivity index (χ1n) is 10.4. The fourth-order valence-corrected chi connectivity index (χ4v) is 4.24. The normalized spacial score (nSPS) is 15.7. The lowest BCUT2D eigenvalue weighted by Gasteiger charge is -2.11. The van der Waals surface area contributed by atoms with Gasteiger partial charge in [-0.25, -0.2) is 9.79 Å². The smallest absolute Gasteiger partial charge is 0.335 e. The molecule has 0 aliphatic carbocycles. The zero-order valence-electron chi connectivity index (χ0n) is 18.6. The summed E-state index contributed by atoms with van der Waals surface area (Å²) in [6, 6.07) is 21.6. The van der Waals surface area contributed by atoms with E-state index in [1.165, 1.54) is 28.8 Å². The summed E-state index contributed by atoms with van der Waals surface area (Å²) < 4.78 is 11.4. The number of carbonyl (C=O) groups is 2. The molecule has 172 valence electrons. The van der Waals surface area contributed by atoms with E-state index < -0.39 is 5.97 Å². The lowest BCUT2D eigenvalue weighted by atomic mass is 10.2. The van der Waals surface area contributed by atoms with Crippen molar-refractivity contribution >= 4 is 40.6 Å². The average Bonchev–Trinajstić information content (AvgIpc) is 3.11. The van der Waals surface area contributed by atoms with Gasteiger partial charge in [0.25, 0.3) is 5.91 Å². The Hall–Kier alpha value is -4.04. The van der Waals surface area contributed by atoms with Crippen molar-refractivity contribution in [1.29, 1.82) is 0 Å². The number of ether oxygens (including phenoxy) is 2. The van der Waals surface area contributed by atoms with Crippen molar-refractivity contribution in [3.8, 4) is 11.5 Å². The number of hydrogen-bond acceptors (Lipinski definition) is 6. The number of amides is 1. The van der Waals surface area contributed by atoms with Gasteiger partial charge in [0.1, 0.15) is 6.61 Å². The van der Waals surface area contributed by atoms with Crippen molar-refractivity contribution in [1.82, 2.24) is 4.90 Å². The first-order valence-corrected chi connectivity index (χ1v) is 11.2. The fourth-order valence-electron chi connectivity index (χ4n) is 3.25. The van der Waals surface area contributed by atoms with E-state index in [0.717, 1.165) is 11.1 Å². The van der Waals surface area contributed by atoms with E-state index in [2.05, 4.69) is 4.99 Å². The summed E-state index contributed by atoms with van der Waals surface area (Å²) in [6.45, 7) is 0.416. The van der Waals surface area contributed by atoms with Gasteiger partial charge in [0.2, 0.25) is 0 Å². The van der Waals surface area contributed by atoms with Crippen molar-refractivity contribution in [2.45, 2.75) is 6.61 Å². The van der Waals surface area contributed by atoms with Crippen molar-refractivity contribution in [3.05, 3.63) is 94.4 Å². The summed E-state index contributed by atoms with van der Waals surface area (Å²) in [5.41, 5.74) is 2.43. The molecule has 1 saturated heterocycles. The van der Waals surface area contributed by atoms with Crippen LogP contribution in [0.3, 0.4) is 0 Å². The molecule has 0 radical (unpaired) electrons. The van der Waals surface area contributed by atoms with Crippen LogP contribution in [0.25, 0.3) is 6.08 Å². The molecular formula is C26H22N2O5S. The van der Waals surface area contributed by atoms with Gasteiger partial charge in [0.15, 0.2) is 16.7 Å². The molecule has 3 aromatic carbocycles. The van der Waals surface area contributed by atoms with Gasteiger partial charge in [0, 0.05) is 7.05 Å². The number of aliphatic imine (C=N–C) groups is 1. The second-order valence-corrected chi connectivity index (χ2v) is 8.42. The van der Waals surface area contributed by atoms with E-state index in [9.17, 15) is 14.7 Å². The highest BCUT2D eigenvalue weighted by molar-refractivity contribution is 8.18. The van der Waals surface area contributed by atoms with Gasteiger partial charge >= 0.3 is 5.97 Å². The Labute approximate surface area is 201 Å². The number of likely N-dealkylation sites (N-methyl/N-ethyl adjacent to an activating group) is 1. The van der Waals surface area contributed by atoms with Gasteiger partial charge in [-0.3, -0.25) is 9.69 Å². The van der Waals surface area contributed by atoms with Crippen molar-refractivity contribution in [2.24, 2.45) is 4.99 Å². The van der Waals surface area contributed by atoms with Gasteiger partial charge in [0.05, 0.1) is 23.3 Å². The molecule has 1 aliphatic rings. The Morgan fingerprint density at radius 3 is 2.59 bits per heavy atom. The molecule has 1 aliphatic heterocycles. The number of nitrogens with zero attached hydrogens (tertiary/aromatic N) is 2. The van der Waals surface area contributed by atoms with Crippen LogP contribution in [-0.4, -0.2) is 41.2 Å². The number of benzene rings is 3. The van der Waals surface area contributed by atoms with Crippen LogP contribution in [0, 0.1) is 0 Å². The van der Waals surface area contributed by atoms with Crippen molar-refractivity contribution < 1.29 is 24.2 Å². The van der Waals surface area contributed by atoms with Crippen LogP contribution < -0.4 is 9.47 Å². The number of carbonyl (C=O) groups excluding carboxylic acids is 1. The Morgan fingerprint density at radius 1 is 1.06 bits per heavy atom. The van der Waals surface area contributed by atoms with Crippen LogP contribution in [0.15, 0.2) is 82.7 Å². The predicted octanol–water partition coefficient (Wildman–Crippen LogP) is 5.21. The zero-order valence-corrected chi connectivity index (χ0v) is 19.4. The third-order valence-corrected chi connectivity index (χ3v) is 6.10. The van der Waals surface area contributed by atoms with Gasteiger partial charge in [-0.1, -0.05) is 42.5 Å². The molecule has 7 nitrogen and oxygen atoms in total. The van der Waals surface area contributed by atoms with Gasteiger partial charge in [-0.05, 0) is 59.3 Å². The molecule has 8 heteroatoms. The number of thioether (sulfide) groups is 1. The van der Waals surface area contributed by atoms with E-state index in [0.29, 0.717) is 33.9 Å². The number of aromatic carboxylic acids is 1. The summed E-state index contributed by atoms with van der Waals surface area (Å²) in [5, 5.41) is 9.64. The predicted molar refractivity (Wildman–Crippen MR) is 133 cm³/mol. The summed E-state index contributed by atoms with van der Waals surface area (Å²) in [6.07, 6.45) is 1.77. The molecule has 0 saturated carbocycles. The Bertz CT molecular complexity index is 1290. The SMILES string of the molecule is COc1cc(/C=C2/SC(=Nc3cccc(C(=O)O)c3)N(C)C2=O)ccc1OCc1ccccc1. The molecule has 34 heavy (non-hydrogen) atoms. The topological polar surface area (TPSA) is 88.4 Å². The minimum absolute atomic E-state index is 0.135. The van der Waals surface area contributed by atoms with Gasteiger partial charge < -0.3 is 14.6 Å². The zero-order chi connectivity index (χ0) is 24.1. The minimum Gasteiger partial charge on any atom is -0.493 e. The van der Waals surface area contributed by atoms with Crippen LogP contribution in [0.4, 0.5) is 5.69 Å². The first-order chi connectivity index (χ1) is 16.4. The maximum atomic E-state index is 12.8. The van der Waals surface area contributed by atoms with Crippen molar-refractivity contribution in [2.75, 3.05) is 14.2 Å². The van der Waals surface area contributed by atoms with E-state index in [4.69, 9.17) is 9.47 Å². The van der Waals surface area contributed by atoms with Crippen LogP contribution in [-0.2, 0) is 11.4 Å². The van der Waals surface area contributed by atoms with Crippen LogP contribution in [0.5, 0.6) is 11.5 Å². The number of carboxylic acids is 1. The molecule has 1 amide bonds. The molecule has 0 bridgehead atoms. The van der Waals surface area contributed by atoms with Crippen LogP contribution in [0.2, 0.25) is 0 Å². The lowest BCUT2D eigenvalue weighted by molar-refractivity contribution is -0.121. The van der Waals surface area contributed by atoms with E-state index in [-0.39, 0.29) is 11.5 Å². The Balaban J connectivity index is 1.53. The number of methoxy groups -OCH3 is 1. The molecule has 1 N–H and O–H groups in total. The number of amidine groups is 1. The largest absolute Gasteiger partial charge is 0.493 e. The summed E-state index contributed by atoms with van der Waals surface area (Å²) in [5.74, 6) is -0.0529. The summed E-state index contributed by atoms with van der Waals surface area (Å²) in [4.78, 5) is 30.4. The van der Waals surface area contributed by atoms with E-state index in [1.54, 1.807) is 32.4 Å². The average molecular weight is 475 g/mol. The minimum atomic E-state index is -1.03. The number of hydrogen-bond donors (Lipinski definition) is 1. The van der Waals surface area contributed by atoms with E-state index in [1.807, 2.05) is 48.5 Å². The second kappa shape index (κ2) is 10.3. The maximum absolute atomic E-state index is 12.8. The summed E-state index contributed by atoms with van der Waals surface area (Å²) >= 11 is 1.22. The molecule has 3 aromatic rings. The molecule has 0 aromatic heterocycles. The molecule has 0 spiro atoms. The van der Waals surface area contributed by atoms with Crippen molar-refractivity contribution in [3.63, 3.8) is 0 Å². The molecular weight excluding hydrogens is 452 g/mol.